The summed E-state index contributed by atoms with van der Waals surface area (Å²) < 4.78 is 25.9. The minimum Gasteiger partial charge on any atom is -0.392 e. The van der Waals surface area contributed by atoms with Gasteiger partial charge in [0.05, 0.1) is 24.5 Å². The molecule has 1 fully saturated rings. The molecule has 5 rings (SSSR count). The lowest BCUT2D eigenvalue weighted by Gasteiger charge is -2.42. The Hall–Kier alpha value is -3.72. The Kier molecular flexibility index (Phi) is 13.7. The highest BCUT2D eigenvalue weighted by molar-refractivity contribution is 7.85. The average molecular weight is 710 g/mol. The van der Waals surface area contributed by atoms with Crippen molar-refractivity contribution in [2.75, 3.05) is 32.4 Å². The van der Waals surface area contributed by atoms with Crippen molar-refractivity contribution in [3.8, 4) is 0 Å². The normalized spacial score (nSPS) is 20.9. The van der Waals surface area contributed by atoms with Crippen LogP contribution in [0.5, 0.6) is 0 Å². The van der Waals surface area contributed by atoms with Crippen LogP contribution < -0.4 is 10.6 Å². The minimum atomic E-state index is -3.67. The molecule has 1 aliphatic heterocycles. The summed E-state index contributed by atoms with van der Waals surface area (Å²) in [5.74, 6) is -0.781. The second-order valence-corrected chi connectivity index (χ2v) is 15.8. The fourth-order valence-corrected chi connectivity index (χ4v) is 6.56. The van der Waals surface area contributed by atoms with E-state index >= 15 is 0 Å². The largest absolute Gasteiger partial charge is 0.392 e. The third-order valence-corrected chi connectivity index (χ3v) is 8.70. The molecule has 5 N–H and O–H groups in total. The number of hydrogen-bond donors (Lipinski definition) is 5. The van der Waals surface area contributed by atoms with Gasteiger partial charge in [0.2, 0.25) is 11.8 Å². The summed E-state index contributed by atoms with van der Waals surface area (Å²) in [6.07, 6.45) is 3.98. The number of piperazine rings is 1. The smallest absolute Gasteiger partial charge is 0.261 e. The highest BCUT2D eigenvalue weighted by Crippen LogP contribution is 2.32. The summed E-state index contributed by atoms with van der Waals surface area (Å²) in [4.78, 5) is 35.9. The number of aliphatic hydroxyl groups is 2. The molecule has 2 amide bonds. The second-order valence-electron chi connectivity index (χ2n) is 14.3. The Bertz CT molecular complexity index is 1650. The number of aromatic nitrogens is 1. The topological polar surface area (TPSA) is 172 Å². The molecule has 272 valence electrons. The van der Waals surface area contributed by atoms with Crippen molar-refractivity contribution >= 4 is 21.9 Å². The number of amides is 2. The van der Waals surface area contributed by atoms with Crippen molar-refractivity contribution in [2.45, 2.75) is 76.4 Å². The van der Waals surface area contributed by atoms with Crippen LogP contribution in [-0.2, 0) is 39.1 Å². The summed E-state index contributed by atoms with van der Waals surface area (Å²) in [7, 11) is -3.67. The van der Waals surface area contributed by atoms with E-state index in [0.29, 0.717) is 38.7 Å². The molecule has 0 saturated carbocycles. The lowest BCUT2D eigenvalue weighted by molar-refractivity contribution is -0.132. The number of aliphatic hydroxyl groups excluding tert-OH is 2. The van der Waals surface area contributed by atoms with Crippen LogP contribution in [0.3, 0.4) is 0 Å². The highest BCUT2D eigenvalue weighted by Gasteiger charge is 2.37. The molecule has 2 heterocycles. The SMILES string of the molecule is CC(C)(C)NC(=O)[C@@H]1CN(Cc2cccnc2)CCN1CC(O)CC(Cc1ccccc1)C(=O)N[C@H]1c2ccccc2C[C@H]1O.CS(=O)(=O)O. The van der Waals surface area contributed by atoms with Gasteiger partial charge in [0, 0.05) is 63.0 Å². The van der Waals surface area contributed by atoms with E-state index in [1.54, 1.807) is 6.20 Å². The zero-order valence-electron chi connectivity index (χ0n) is 29.3. The number of pyridine rings is 1. The van der Waals surface area contributed by atoms with Crippen LogP contribution in [0.4, 0.5) is 0 Å². The monoisotopic (exact) mass is 709 g/mol. The number of carbonyl (C=O) groups is 2. The van der Waals surface area contributed by atoms with Crippen LogP contribution in [0, 0.1) is 5.92 Å². The Morgan fingerprint density at radius 1 is 1.00 bits per heavy atom. The van der Waals surface area contributed by atoms with E-state index in [0.717, 1.165) is 28.8 Å². The highest BCUT2D eigenvalue weighted by atomic mass is 32.2. The molecule has 1 saturated heterocycles. The van der Waals surface area contributed by atoms with Crippen molar-refractivity contribution in [1.29, 1.82) is 0 Å². The molecule has 2 aliphatic rings. The molecular weight excluding hydrogens is 659 g/mol. The lowest BCUT2D eigenvalue weighted by Crippen LogP contribution is -2.61. The number of nitrogens with one attached hydrogen (secondary N) is 2. The Labute approximate surface area is 295 Å². The molecule has 12 nitrogen and oxygen atoms in total. The number of β-amino-alcohol motifs (C(OH)–C–C–N with tert-alkyl or cyclic N) is 1. The Balaban J connectivity index is 0.00000105. The molecule has 0 bridgehead atoms. The van der Waals surface area contributed by atoms with E-state index in [1.807, 2.05) is 93.7 Å². The average Bonchev–Trinajstić information content (AvgIpc) is 3.35. The van der Waals surface area contributed by atoms with Gasteiger partial charge in [-0.2, -0.15) is 8.42 Å². The quantitative estimate of drug-likeness (QED) is 0.186. The molecule has 13 heteroatoms. The first kappa shape index (κ1) is 39.1. The lowest BCUT2D eigenvalue weighted by atomic mass is 9.91. The van der Waals surface area contributed by atoms with Gasteiger partial charge >= 0.3 is 0 Å². The Morgan fingerprint density at radius 2 is 1.66 bits per heavy atom. The molecule has 2 unspecified atom stereocenters. The van der Waals surface area contributed by atoms with Gasteiger partial charge in [0.25, 0.3) is 10.1 Å². The van der Waals surface area contributed by atoms with Gasteiger partial charge in [-0.05, 0) is 61.9 Å². The van der Waals surface area contributed by atoms with Gasteiger partial charge in [-0.1, -0.05) is 60.7 Å². The fourth-order valence-electron chi connectivity index (χ4n) is 6.56. The maximum absolute atomic E-state index is 13.8. The third kappa shape index (κ3) is 12.6. The van der Waals surface area contributed by atoms with E-state index < -0.39 is 45.9 Å². The molecular formula is C37H51N5O7S. The number of nitrogens with zero attached hydrogens (tertiary/aromatic N) is 3. The van der Waals surface area contributed by atoms with Gasteiger partial charge < -0.3 is 20.8 Å². The zero-order valence-corrected chi connectivity index (χ0v) is 30.1. The molecule has 1 aromatic heterocycles. The summed E-state index contributed by atoms with van der Waals surface area (Å²) >= 11 is 0. The van der Waals surface area contributed by atoms with Crippen molar-refractivity contribution in [3.05, 3.63) is 101 Å². The third-order valence-electron chi connectivity index (χ3n) is 8.70. The molecule has 0 radical (unpaired) electrons. The van der Waals surface area contributed by atoms with Crippen LogP contribution in [0.2, 0.25) is 0 Å². The van der Waals surface area contributed by atoms with E-state index in [2.05, 4.69) is 25.4 Å². The van der Waals surface area contributed by atoms with Gasteiger partial charge in [-0.3, -0.25) is 28.9 Å². The maximum atomic E-state index is 13.8. The predicted octanol–water partition coefficient (Wildman–Crippen LogP) is 2.37. The Morgan fingerprint density at radius 3 is 2.32 bits per heavy atom. The first-order valence-electron chi connectivity index (χ1n) is 16.9. The number of benzene rings is 2. The molecule has 5 atom stereocenters. The van der Waals surface area contributed by atoms with Crippen LogP contribution in [0.15, 0.2) is 79.1 Å². The molecule has 50 heavy (non-hydrogen) atoms. The van der Waals surface area contributed by atoms with Crippen LogP contribution in [0.1, 0.15) is 55.5 Å². The number of rotatable bonds is 11. The number of carbonyl (C=O) groups excluding carboxylic acids is 2. The van der Waals surface area contributed by atoms with E-state index in [1.165, 1.54) is 0 Å². The van der Waals surface area contributed by atoms with Crippen LogP contribution in [-0.4, -0.2) is 106 Å². The fraction of sp³-hybridized carbons (Fsp3) is 0.486. The zero-order chi connectivity index (χ0) is 36.5. The van der Waals surface area contributed by atoms with Gasteiger partial charge in [-0.25, -0.2) is 0 Å². The minimum absolute atomic E-state index is 0.0712. The van der Waals surface area contributed by atoms with Gasteiger partial charge in [0.1, 0.15) is 6.04 Å². The molecule has 3 aromatic rings. The van der Waals surface area contributed by atoms with Crippen molar-refractivity contribution < 1.29 is 32.8 Å². The van der Waals surface area contributed by atoms with Gasteiger partial charge in [0.15, 0.2) is 0 Å². The van der Waals surface area contributed by atoms with E-state index in [4.69, 9.17) is 4.55 Å². The summed E-state index contributed by atoms with van der Waals surface area (Å²) in [6.45, 7) is 8.74. The summed E-state index contributed by atoms with van der Waals surface area (Å²) in [6, 6.07) is 20.6. The molecule has 1 aliphatic carbocycles. The van der Waals surface area contributed by atoms with Gasteiger partial charge in [-0.15, -0.1) is 0 Å². The van der Waals surface area contributed by atoms with E-state index in [9.17, 15) is 28.2 Å². The molecule has 2 aromatic carbocycles. The second kappa shape index (κ2) is 17.5. The van der Waals surface area contributed by atoms with Crippen molar-refractivity contribution in [1.82, 2.24) is 25.4 Å². The maximum Gasteiger partial charge on any atom is 0.261 e. The van der Waals surface area contributed by atoms with Crippen LogP contribution in [0.25, 0.3) is 0 Å². The van der Waals surface area contributed by atoms with Crippen molar-refractivity contribution in [3.63, 3.8) is 0 Å². The standard InChI is InChI=1S/C36H47N5O4.CH4O3S/c1-36(2,3)39-35(45)31-24-40(22-26-12-9-15-37-21-26)16-17-41(31)23-29(42)19-28(18-25-10-5-4-6-11-25)34(44)38-33-30-14-8-7-13-27(30)20-32(33)43;1-5(2,3)4/h4-15,21,28-29,31-33,42-43H,16-20,22-24H2,1-3H3,(H,38,44)(H,39,45);1H3,(H,2,3,4)/t28?,29?,31-,32+,33-;/m0./s1. The van der Waals surface area contributed by atoms with E-state index in [-0.39, 0.29) is 24.8 Å². The summed E-state index contributed by atoms with van der Waals surface area (Å²) in [5, 5.41) is 28.5. The molecule has 0 spiro atoms. The van der Waals surface area contributed by atoms with Crippen LogP contribution >= 0.6 is 0 Å². The summed E-state index contributed by atoms with van der Waals surface area (Å²) in [5.41, 5.74) is 3.68. The first-order chi connectivity index (χ1) is 23.6. The number of fused-ring (bicyclic) bond motifs is 1. The first-order valence-corrected chi connectivity index (χ1v) is 18.8. The predicted molar refractivity (Wildman–Crippen MR) is 192 cm³/mol. The van der Waals surface area contributed by atoms with Crippen molar-refractivity contribution in [2.24, 2.45) is 5.92 Å². The number of hydrogen-bond acceptors (Lipinski definition) is 9.